The maximum Gasteiger partial charge on any atom is 0.243 e. The largest absolute Gasteiger partial charge is 0.243 e. The molecule has 0 fully saturated rings. The van der Waals surface area contributed by atoms with Crippen molar-refractivity contribution in [3.8, 4) is 0 Å². The number of nitrogens with one attached hydrogen (secondary N) is 1. The molecule has 0 atom stereocenters. The number of rotatable bonds is 5. The van der Waals surface area contributed by atoms with Crippen LogP contribution in [0.25, 0.3) is 0 Å². The molecule has 16 heavy (non-hydrogen) atoms. The Kier molecular flexibility index (Phi) is 4.89. The first-order chi connectivity index (χ1) is 7.47. The van der Waals surface area contributed by atoms with E-state index in [0.29, 0.717) is 11.0 Å². The number of unbranched alkanes of at least 4 members (excludes halogenated alkanes) is 1. The van der Waals surface area contributed by atoms with E-state index in [-0.39, 0.29) is 4.90 Å². The van der Waals surface area contributed by atoms with Gasteiger partial charge in [0.1, 0.15) is 10.7 Å². The van der Waals surface area contributed by atoms with Crippen LogP contribution in [0.2, 0.25) is 0 Å². The van der Waals surface area contributed by atoms with E-state index in [1.807, 2.05) is 6.92 Å². The molecule has 0 amide bonds. The molecule has 1 aromatic rings. The second kappa shape index (κ2) is 5.75. The highest BCUT2D eigenvalue weighted by atomic mass is 79.9. The molecule has 0 spiro atoms. The van der Waals surface area contributed by atoms with Crippen molar-refractivity contribution in [2.45, 2.75) is 24.7 Å². The Bertz CT molecular complexity index is 462. The van der Waals surface area contributed by atoms with Crippen LogP contribution in [0.15, 0.2) is 27.6 Å². The lowest BCUT2D eigenvalue weighted by molar-refractivity contribution is 0.555. The molecule has 0 aromatic heterocycles. The van der Waals surface area contributed by atoms with Crippen LogP contribution in [-0.2, 0) is 10.0 Å². The number of hydrogen-bond acceptors (Lipinski definition) is 2. The molecule has 90 valence electrons. The van der Waals surface area contributed by atoms with E-state index in [2.05, 4.69) is 20.7 Å². The second-order valence-electron chi connectivity index (χ2n) is 3.33. The van der Waals surface area contributed by atoms with Gasteiger partial charge in [-0.3, -0.25) is 0 Å². The third-order valence-electron chi connectivity index (χ3n) is 2.01. The minimum absolute atomic E-state index is 0.321. The number of benzene rings is 1. The molecule has 6 heteroatoms. The summed E-state index contributed by atoms with van der Waals surface area (Å²) in [4.78, 5) is -0.321. The lowest BCUT2D eigenvalue weighted by atomic mass is 10.3. The summed E-state index contributed by atoms with van der Waals surface area (Å²) in [5.41, 5.74) is 0. The number of hydrogen-bond donors (Lipinski definition) is 1. The Morgan fingerprint density at radius 3 is 2.75 bits per heavy atom. The summed E-state index contributed by atoms with van der Waals surface area (Å²) in [6, 6.07) is 3.84. The standard InChI is InChI=1S/C10H13BrFNO2S/c1-2-3-6-13-16(14,15)10-7-8(11)4-5-9(10)12/h4-5,7,13H,2-3,6H2,1H3. The van der Waals surface area contributed by atoms with Gasteiger partial charge in [0.25, 0.3) is 0 Å². The first kappa shape index (κ1) is 13.6. The Balaban J connectivity index is 2.93. The predicted octanol–water partition coefficient (Wildman–Crippen LogP) is 2.67. The summed E-state index contributed by atoms with van der Waals surface area (Å²) in [5, 5.41) is 0. The molecule has 0 aliphatic rings. The van der Waals surface area contributed by atoms with Gasteiger partial charge in [-0.15, -0.1) is 0 Å². The van der Waals surface area contributed by atoms with Gasteiger partial charge in [-0.05, 0) is 24.6 Å². The molecular formula is C10H13BrFNO2S. The normalized spacial score (nSPS) is 11.7. The Hall–Kier alpha value is -0.460. The van der Waals surface area contributed by atoms with Gasteiger partial charge in [-0.2, -0.15) is 0 Å². The first-order valence-corrected chi connectivity index (χ1v) is 7.19. The van der Waals surface area contributed by atoms with Crippen LogP contribution in [-0.4, -0.2) is 15.0 Å². The van der Waals surface area contributed by atoms with Crippen LogP contribution in [0.1, 0.15) is 19.8 Å². The van der Waals surface area contributed by atoms with Gasteiger partial charge in [-0.1, -0.05) is 29.3 Å². The molecule has 0 aliphatic heterocycles. The Morgan fingerprint density at radius 2 is 2.12 bits per heavy atom. The summed E-state index contributed by atoms with van der Waals surface area (Å²) in [7, 11) is -3.74. The highest BCUT2D eigenvalue weighted by Crippen LogP contribution is 2.19. The van der Waals surface area contributed by atoms with Crippen molar-refractivity contribution < 1.29 is 12.8 Å². The van der Waals surface area contributed by atoms with Gasteiger partial charge in [-0.25, -0.2) is 17.5 Å². The van der Waals surface area contributed by atoms with E-state index in [1.54, 1.807) is 0 Å². The zero-order valence-corrected chi connectivity index (χ0v) is 11.2. The van der Waals surface area contributed by atoms with Crippen molar-refractivity contribution in [3.05, 3.63) is 28.5 Å². The minimum atomic E-state index is -3.74. The minimum Gasteiger partial charge on any atom is -0.211 e. The van der Waals surface area contributed by atoms with Crippen LogP contribution in [0.3, 0.4) is 0 Å². The van der Waals surface area contributed by atoms with Crippen LogP contribution >= 0.6 is 15.9 Å². The van der Waals surface area contributed by atoms with Gasteiger partial charge < -0.3 is 0 Å². The van der Waals surface area contributed by atoms with Crippen molar-refractivity contribution in [1.29, 1.82) is 0 Å². The van der Waals surface area contributed by atoms with E-state index >= 15 is 0 Å². The van der Waals surface area contributed by atoms with E-state index < -0.39 is 15.8 Å². The van der Waals surface area contributed by atoms with Crippen molar-refractivity contribution >= 4 is 26.0 Å². The molecule has 1 N–H and O–H groups in total. The Labute approximate surface area is 103 Å². The fraction of sp³-hybridized carbons (Fsp3) is 0.400. The quantitative estimate of drug-likeness (QED) is 0.850. The van der Waals surface area contributed by atoms with Crippen LogP contribution in [0.5, 0.6) is 0 Å². The molecule has 0 saturated heterocycles. The molecule has 0 aliphatic carbocycles. The zero-order valence-electron chi connectivity index (χ0n) is 8.83. The third kappa shape index (κ3) is 3.54. The molecule has 0 radical (unpaired) electrons. The van der Waals surface area contributed by atoms with E-state index in [9.17, 15) is 12.8 Å². The smallest absolute Gasteiger partial charge is 0.211 e. The van der Waals surface area contributed by atoms with Gasteiger partial charge in [0.15, 0.2) is 0 Å². The number of halogens is 2. The molecule has 0 saturated carbocycles. The van der Waals surface area contributed by atoms with E-state index in [4.69, 9.17) is 0 Å². The highest BCUT2D eigenvalue weighted by molar-refractivity contribution is 9.10. The Morgan fingerprint density at radius 1 is 1.44 bits per heavy atom. The molecule has 1 rings (SSSR count). The SMILES string of the molecule is CCCCNS(=O)(=O)c1cc(Br)ccc1F. The van der Waals surface area contributed by atoms with Gasteiger partial charge in [0, 0.05) is 11.0 Å². The molecule has 0 bridgehead atoms. The molecule has 0 unspecified atom stereocenters. The highest BCUT2D eigenvalue weighted by Gasteiger charge is 2.18. The summed E-state index contributed by atoms with van der Waals surface area (Å²) >= 11 is 3.11. The molecule has 0 heterocycles. The summed E-state index contributed by atoms with van der Waals surface area (Å²) in [5.74, 6) is -0.743. The molecule has 3 nitrogen and oxygen atoms in total. The molecular weight excluding hydrogens is 297 g/mol. The monoisotopic (exact) mass is 309 g/mol. The predicted molar refractivity (Wildman–Crippen MR) is 64.2 cm³/mol. The lowest BCUT2D eigenvalue weighted by Gasteiger charge is -2.07. The van der Waals surface area contributed by atoms with Gasteiger partial charge in [0.05, 0.1) is 0 Å². The van der Waals surface area contributed by atoms with E-state index in [1.165, 1.54) is 12.1 Å². The van der Waals surface area contributed by atoms with Crippen molar-refractivity contribution in [2.24, 2.45) is 0 Å². The average Bonchev–Trinajstić information content (AvgIpc) is 2.22. The second-order valence-corrected chi connectivity index (χ2v) is 5.98. The van der Waals surface area contributed by atoms with E-state index in [0.717, 1.165) is 18.9 Å². The maximum atomic E-state index is 13.3. The van der Waals surface area contributed by atoms with Crippen molar-refractivity contribution in [1.82, 2.24) is 4.72 Å². The first-order valence-electron chi connectivity index (χ1n) is 4.92. The van der Waals surface area contributed by atoms with Gasteiger partial charge >= 0.3 is 0 Å². The van der Waals surface area contributed by atoms with Crippen molar-refractivity contribution in [2.75, 3.05) is 6.54 Å². The van der Waals surface area contributed by atoms with Crippen molar-refractivity contribution in [3.63, 3.8) is 0 Å². The fourth-order valence-corrected chi connectivity index (χ4v) is 2.83. The average molecular weight is 310 g/mol. The van der Waals surface area contributed by atoms with Gasteiger partial charge in [0.2, 0.25) is 10.0 Å². The topological polar surface area (TPSA) is 46.2 Å². The fourth-order valence-electron chi connectivity index (χ4n) is 1.14. The summed E-state index contributed by atoms with van der Waals surface area (Å²) < 4.78 is 39.6. The lowest BCUT2D eigenvalue weighted by Crippen LogP contribution is -2.25. The zero-order chi connectivity index (χ0) is 12.2. The van der Waals surface area contributed by atoms with Crippen LogP contribution in [0, 0.1) is 5.82 Å². The molecule has 1 aromatic carbocycles. The van der Waals surface area contributed by atoms with Crippen LogP contribution in [0.4, 0.5) is 4.39 Å². The summed E-state index contributed by atoms with van der Waals surface area (Å²) in [6.07, 6.45) is 1.61. The number of sulfonamides is 1. The third-order valence-corrected chi connectivity index (χ3v) is 3.97. The summed E-state index contributed by atoms with van der Waals surface area (Å²) in [6.45, 7) is 2.28. The maximum absolute atomic E-state index is 13.3. The van der Waals surface area contributed by atoms with Crippen LogP contribution < -0.4 is 4.72 Å².